The molecule has 1 aromatic carbocycles. The minimum atomic E-state index is -0.449. The Labute approximate surface area is 152 Å². The molecule has 0 saturated carbocycles. The van der Waals surface area contributed by atoms with Gasteiger partial charge < -0.3 is 10.6 Å². The number of hydrogen-bond donors (Lipinski definition) is 1. The van der Waals surface area contributed by atoms with Crippen LogP contribution in [-0.4, -0.2) is 23.1 Å². The van der Waals surface area contributed by atoms with E-state index in [1.54, 1.807) is 18.3 Å². The molecule has 0 radical (unpaired) electrons. The van der Waals surface area contributed by atoms with Crippen molar-refractivity contribution in [3.63, 3.8) is 0 Å². The van der Waals surface area contributed by atoms with Crippen LogP contribution in [0.4, 0.5) is 10.1 Å². The van der Waals surface area contributed by atoms with Crippen molar-refractivity contribution in [2.45, 2.75) is 18.4 Å². The molecule has 26 heavy (non-hydrogen) atoms. The van der Waals surface area contributed by atoms with Gasteiger partial charge in [0.1, 0.15) is 5.82 Å². The number of pyridine rings is 2. The first-order chi connectivity index (χ1) is 12.6. The molecular formula is C21H21FN4. The van der Waals surface area contributed by atoms with E-state index in [1.165, 1.54) is 12.1 Å². The number of halogens is 1. The van der Waals surface area contributed by atoms with Crippen molar-refractivity contribution < 1.29 is 4.39 Å². The van der Waals surface area contributed by atoms with Crippen LogP contribution in [-0.2, 0) is 5.54 Å². The van der Waals surface area contributed by atoms with E-state index in [9.17, 15) is 4.39 Å². The fraction of sp³-hybridized carbons (Fsp3) is 0.238. The third kappa shape index (κ3) is 3.30. The van der Waals surface area contributed by atoms with Gasteiger partial charge in [-0.15, -0.1) is 0 Å². The summed E-state index contributed by atoms with van der Waals surface area (Å²) in [4.78, 5) is 11.3. The molecule has 0 spiro atoms. The number of anilines is 1. The minimum Gasteiger partial charge on any atom is -0.368 e. The first kappa shape index (κ1) is 16.7. The van der Waals surface area contributed by atoms with Crippen LogP contribution in [0.1, 0.15) is 18.5 Å². The zero-order chi connectivity index (χ0) is 18.0. The fourth-order valence-corrected chi connectivity index (χ4v) is 3.54. The molecule has 0 aliphatic carbocycles. The maximum absolute atomic E-state index is 13.1. The van der Waals surface area contributed by atoms with Gasteiger partial charge in [0.2, 0.25) is 0 Å². The Balaban J connectivity index is 1.55. The highest BCUT2D eigenvalue weighted by molar-refractivity contribution is 5.61. The Hall–Kier alpha value is -2.79. The van der Waals surface area contributed by atoms with Crippen LogP contribution in [0.15, 0.2) is 67.0 Å². The van der Waals surface area contributed by atoms with Gasteiger partial charge in [-0.1, -0.05) is 6.07 Å². The zero-order valence-corrected chi connectivity index (χ0v) is 14.5. The van der Waals surface area contributed by atoms with Gasteiger partial charge in [-0.3, -0.25) is 9.97 Å². The van der Waals surface area contributed by atoms with Crippen molar-refractivity contribution in [3.05, 3.63) is 78.5 Å². The van der Waals surface area contributed by atoms with Crippen molar-refractivity contribution in [1.82, 2.24) is 9.97 Å². The van der Waals surface area contributed by atoms with Crippen molar-refractivity contribution in [2.24, 2.45) is 5.73 Å². The summed E-state index contributed by atoms with van der Waals surface area (Å²) in [6.45, 7) is 1.66. The summed E-state index contributed by atoms with van der Waals surface area (Å²) in [5.41, 5.74) is 9.94. The van der Waals surface area contributed by atoms with E-state index in [-0.39, 0.29) is 5.82 Å². The molecule has 1 saturated heterocycles. The topological polar surface area (TPSA) is 55.0 Å². The van der Waals surface area contributed by atoms with Gasteiger partial charge in [0, 0.05) is 24.8 Å². The summed E-state index contributed by atoms with van der Waals surface area (Å²) < 4.78 is 13.1. The smallest absolute Gasteiger partial charge is 0.123 e. The van der Waals surface area contributed by atoms with Crippen LogP contribution in [0.3, 0.4) is 0 Å². The van der Waals surface area contributed by atoms with Gasteiger partial charge in [-0.25, -0.2) is 4.39 Å². The van der Waals surface area contributed by atoms with Crippen LogP contribution < -0.4 is 10.6 Å². The lowest BCUT2D eigenvalue weighted by Crippen LogP contribution is -2.52. The standard InChI is InChI=1S/C21H21FN4/c22-17-7-5-16(6-8-17)19-10-9-18(14-25-19)26-13-3-11-21(23,15-26)20-4-1-2-12-24-20/h1-2,4-10,12,14H,3,11,13,15,23H2. The number of hydrogen-bond acceptors (Lipinski definition) is 4. The van der Waals surface area contributed by atoms with Crippen molar-refractivity contribution >= 4 is 5.69 Å². The van der Waals surface area contributed by atoms with Gasteiger partial charge in [0.25, 0.3) is 0 Å². The first-order valence-corrected chi connectivity index (χ1v) is 8.81. The molecule has 1 fully saturated rings. The van der Waals surface area contributed by atoms with E-state index in [2.05, 4.69) is 20.9 Å². The Bertz CT molecular complexity index is 865. The van der Waals surface area contributed by atoms with Crippen LogP contribution >= 0.6 is 0 Å². The van der Waals surface area contributed by atoms with Gasteiger partial charge in [0.05, 0.1) is 28.8 Å². The Morgan fingerprint density at radius 2 is 1.85 bits per heavy atom. The molecule has 5 heteroatoms. The predicted molar refractivity (Wildman–Crippen MR) is 101 cm³/mol. The highest BCUT2D eigenvalue weighted by atomic mass is 19.1. The Morgan fingerprint density at radius 3 is 2.54 bits per heavy atom. The quantitative estimate of drug-likeness (QED) is 0.783. The predicted octanol–water partition coefficient (Wildman–Crippen LogP) is 3.74. The number of benzene rings is 1. The average Bonchev–Trinajstić information content (AvgIpc) is 2.69. The van der Waals surface area contributed by atoms with Gasteiger partial charge in [0.15, 0.2) is 0 Å². The third-order valence-electron chi connectivity index (χ3n) is 4.95. The van der Waals surface area contributed by atoms with E-state index >= 15 is 0 Å². The summed E-state index contributed by atoms with van der Waals surface area (Å²) in [5, 5.41) is 0. The molecule has 2 aromatic heterocycles. The second-order valence-corrected chi connectivity index (χ2v) is 6.80. The normalized spacial score (nSPS) is 20.2. The maximum atomic E-state index is 13.1. The van der Waals surface area contributed by atoms with E-state index in [1.807, 2.05) is 30.5 Å². The van der Waals surface area contributed by atoms with Gasteiger partial charge >= 0.3 is 0 Å². The second kappa shape index (κ2) is 6.84. The van der Waals surface area contributed by atoms with Crippen molar-refractivity contribution in [2.75, 3.05) is 18.0 Å². The summed E-state index contributed by atoms with van der Waals surface area (Å²) in [6, 6.07) is 16.3. The van der Waals surface area contributed by atoms with Crippen LogP contribution in [0, 0.1) is 5.82 Å². The zero-order valence-electron chi connectivity index (χ0n) is 14.5. The average molecular weight is 348 g/mol. The Kier molecular flexibility index (Phi) is 4.39. The van der Waals surface area contributed by atoms with Crippen LogP contribution in [0.25, 0.3) is 11.3 Å². The lowest BCUT2D eigenvalue weighted by Gasteiger charge is -2.41. The fourth-order valence-electron chi connectivity index (χ4n) is 3.54. The van der Waals surface area contributed by atoms with E-state index in [0.717, 1.165) is 42.0 Å². The first-order valence-electron chi connectivity index (χ1n) is 8.81. The Morgan fingerprint density at radius 1 is 1.00 bits per heavy atom. The maximum Gasteiger partial charge on any atom is 0.123 e. The van der Waals surface area contributed by atoms with Crippen molar-refractivity contribution in [1.29, 1.82) is 0 Å². The van der Waals surface area contributed by atoms with Gasteiger partial charge in [-0.2, -0.15) is 0 Å². The summed E-state index contributed by atoms with van der Waals surface area (Å²) in [7, 11) is 0. The van der Waals surface area contributed by atoms with Crippen LogP contribution in [0.5, 0.6) is 0 Å². The molecule has 3 aromatic rings. The van der Waals surface area contributed by atoms with E-state index in [0.29, 0.717) is 6.54 Å². The number of piperidine rings is 1. The minimum absolute atomic E-state index is 0.243. The lowest BCUT2D eigenvalue weighted by atomic mass is 9.86. The summed E-state index contributed by atoms with van der Waals surface area (Å²) >= 11 is 0. The molecule has 0 bridgehead atoms. The molecule has 3 heterocycles. The molecule has 132 valence electrons. The number of nitrogens with zero attached hydrogens (tertiary/aromatic N) is 3. The molecule has 1 aliphatic heterocycles. The molecular weight excluding hydrogens is 327 g/mol. The monoisotopic (exact) mass is 348 g/mol. The third-order valence-corrected chi connectivity index (χ3v) is 4.95. The molecule has 1 aliphatic rings. The molecule has 4 nitrogen and oxygen atoms in total. The van der Waals surface area contributed by atoms with Crippen molar-refractivity contribution in [3.8, 4) is 11.3 Å². The summed E-state index contributed by atoms with van der Waals surface area (Å²) in [6.07, 6.45) is 5.58. The van der Waals surface area contributed by atoms with E-state index in [4.69, 9.17) is 5.73 Å². The molecule has 4 rings (SSSR count). The lowest BCUT2D eigenvalue weighted by molar-refractivity contribution is 0.345. The molecule has 1 unspecified atom stereocenters. The highest BCUT2D eigenvalue weighted by Gasteiger charge is 2.34. The second-order valence-electron chi connectivity index (χ2n) is 6.80. The van der Waals surface area contributed by atoms with Crippen LogP contribution in [0.2, 0.25) is 0 Å². The number of nitrogens with two attached hydrogens (primary N) is 1. The van der Waals surface area contributed by atoms with Gasteiger partial charge in [-0.05, 0) is 61.4 Å². The SMILES string of the molecule is NC1(c2ccccn2)CCCN(c2ccc(-c3ccc(F)cc3)nc2)C1. The molecule has 1 atom stereocenters. The number of rotatable bonds is 3. The van der Waals surface area contributed by atoms with E-state index < -0.39 is 5.54 Å². The molecule has 2 N–H and O–H groups in total. The largest absolute Gasteiger partial charge is 0.368 e. The highest BCUT2D eigenvalue weighted by Crippen LogP contribution is 2.31. The molecule has 0 amide bonds. The summed E-state index contributed by atoms with van der Waals surface area (Å²) in [5.74, 6) is -0.243. The number of aromatic nitrogens is 2.